The van der Waals surface area contributed by atoms with Crippen molar-refractivity contribution in [1.82, 2.24) is 4.90 Å². The Kier molecular flexibility index (Phi) is 7.76. The van der Waals surface area contributed by atoms with E-state index >= 15 is 0 Å². The molecule has 4 nitrogen and oxygen atoms in total. The van der Waals surface area contributed by atoms with Crippen LogP contribution in [0.5, 0.6) is 0 Å². The van der Waals surface area contributed by atoms with Crippen LogP contribution in [-0.4, -0.2) is 36.0 Å². The molecule has 0 aliphatic heterocycles. The van der Waals surface area contributed by atoms with Crippen molar-refractivity contribution in [2.45, 2.75) is 32.7 Å². The molecule has 0 radical (unpaired) electrons. The fourth-order valence-corrected chi connectivity index (χ4v) is 1.36. The lowest BCUT2D eigenvalue weighted by Gasteiger charge is -2.25. The lowest BCUT2D eigenvalue weighted by molar-refractivity contribution is -0.138. The van der Waals surface area contributed by atoms with Crippen LogP contribution >= 0.6 is 0 Å². The molecular weight excluding hydrogens is 218 g/mol. The molecule has 96 valence electrons. The molecule has 0 spiro atoms. The van der Waals surface area contributed by atoms with Crippen LogP contribution in [0.3, 0.4) is 0 Å². The van der Waals surface area contributed by atoms with E-state index in [1.54, 1.807) is 4.90 Å². The third-order valence-electron chi connectivity index (χ3n) is 2.29. The lowest BCUT2D eigenvalue weighted by atomic mass is 10.2. The highest BCUT2D eigenvalue weighted by Gasteiger charge is 2.12. The zero-order chi connectivity index (χ0) is 13.3. The minimum absolute atomic E-state index is 0.0666. The second-order valence-corrected chi connectivity index (χ2v) is 3.91. The Morgan fingerprint density at radius 2 is 1.88 bits per heavy atom. The molecule has 0 aromatic rings. The van der Waals surface area contributed by atoms with Gasteiger partial charge >= 0.3 is 5.97 Å². The predicted molar refractivity (Wildman–Crippen MR) is 67.4 cm³/mol. The molecule has 0 saturated carbocycles. The minimum atomic E-state index is -0.409. The summed E-state index contributed by atoms with van der Waals surface area (Å²) in [6.07, 6.45) is 3.98. The zero-order valence-electron chi connectivity index (χ0n) is 10.6. The van der Waals surface area contributed by atoms with Gasteiger partial charge in [-0.1, -0.05) is 13.2 Å². The van der Waals surface area contributed by atoms with Crippen molar-refractivity contribution in [3.63, 3.8) is 0 Å². The first-order valence-corrected chi connectivity index (χ1v) is 5.75. The average Bonchev–Trinajstić information content (AvgIpc) is 2.31. The monoisotopic (exact) mass is 239 g/mol. The maximum Gasteiger partial charge on any atom is 0.330 e. The number of carbonyl (C=O) groups excluding carboxylic acids is 2. The summed E-state index contributed by atoms with van der Waals surface area (Å²) in [5.74, 6) is -0.476. The van der Waals surface area contributed by atoms with E-state index in [4.69, 9.17) is 4.74 Å². The van der Waals surface area contributed by atoms with E-state index in [1.807, 2.05) is 13.8 Å². The molecule has 1 amide bonds. The Bertz CT molecular complexity index is 284. The molecule has 0 fully saturated rings. The first-order chi connectivity index (χ1) is 8.02. The number of rotatable bonds is 8. The van der Waals surface area contributed by atoms with Gasteiger partial charge in [-0.2, -0.15) is 0 Å². The van der Waals surface area contributed by atoms with Gasteiger partial charge in [0.1, 0.15) is 0 Å². The number of ether oxygens (including phenoxy) is 1. The lowest BCUT2D eigenvalue weighted by Crippen LogP contribution is -2.36. The van der Waals surface area contributed by atoms with Crippen LogP contribution in [0.1, 0.15) is 26.7 Å². The van der Waals surface area contributed by atoms with Gasteiger partial charge in [-0.3, -0.25) is 4.79 Å². The van der Waals surface area contributed by atoms with Crippen LogP contribution in [0.4, 0.5) is 0 Å². The first kappa shape index (κ1) is 15.4. The quantitative estimate of drug-likeness (QED) is 0.369. The number of amides is 1. The third-order valence-corrected chi connectivity index (χ3v) is 2.29. The Hall–Kier alpha value is -1.58. The summed E-state index contributed by atoms with van der Waals surface area (Å²) in [5.41, 5.74) is 0. The van der Waals surface area contributed by atoms with Gasteiger partial charge in [0.25, 0.3) is 0 Å². The molecule has 0 rings (SSSR count). The summed E-state index contributed by atoms with van der Waals surface area (Å²) >= 11 is 0. The fraction of sp³-hybridized carbons (Fsp3) is 0.538. The molecule has 0 aromatic carbocycles. The number of hydrogen-bond acceptors (Lipinski definition) is 3. The second kappa shape index (κ2) is 8.56. The Morgan fingerprint density at radius 1 is 1.24 bits per heavy atom. The third kappa shape index (κ3) is 6.56. The van der Waals surface area contributed by atoms with Gasteiger partial charge in [-0.15, -0.1) is 0 Å². The van der Waals surface area contributed by atoms with Crippen LogP contribution < -0.4 is 0 Å². The van der Waals surface area contributed by atoms with E-state index in [1.165, 1.54) is 6.08 Å². The van der Waals surface area contributed by atoms with E-state index < -0.39 is 5.97 Å². The van der Waals surface area contributed by atoms with E-state index in [0.29, 0.717) is 13.2 Å². The van der Waals surface area contributed by atoms with Crippen molar-refractivity contribution >= 4 is 11.9 Å². The molecule has 0 unspecified atom stereocenters. The topological polar surface area (TPSA) is 46.6 Å². The van der Waals surface area contributed by atoms with Crippen LogP contribution in [0.15, 0.2) is 25.3 Å². The molecular formula is C13H21NO3. The summed E-state index contributed by atoms with van der Waals surface area (Å²) in [6.45, 7) is 11.7. The van der Waals surface area contributed by atoms with E-state index in [-0.39, 0.29) is 11.9 Å². The van der Waals surface area contributed by atoms with Gasteiger partial charge < -0.3 is 9.64 Å². The van der Waals surface area contributed by atoms with E-state index in [9.17, 15) is 9.59 Å². The molecule has 17 heavy (non-hydrogen) atoms. The van der Waals surface area contributed by atoms with Gasteiger partial charge in [-0.05, 0) is 32.8 Å². The summed E-state index contributed by atoms with van der Waals surface area (Å²) in [4.78, 5) is 24.0. The summed E-state index contributed by atoms with van der Waals surface area (Å²) in [7, 11) is 0. The van der Waals surface area contributed by atoms with Crippen molar-refractivity contribution in [2.75, 3.05) is 13.2 Å². The highest BCUT2D eigenvalue weighted by atomic mass is 16.5. The average molecular weight is 239 g/mol. The van der Waals surface area contributed by atoms with Gasteiger partial charge in [-0.25, -0.2) is 4.79 Å². The summed E-state index contributed by atoms with van der Waals surface area (Å²) in [6, 6.07) is 0.149. The standard InChI is InChI=1S/C13H21NO3/c1-5-12(15)14(11(3)4)9-7-8-10-17-13(16)6-2/h5-6,11H,1-2,7-10H2,3-4H3. The van der Waals surface area contributed by atoms with Crippen LogP contribution in [-0.2, 0) is 14.3 Å². The molecule has 0 bridgehead atoms. The van der Waals surface area contributed by atoms with E-state index in [2.05, 4.69) is 13.2 Å². The van der Waals surface area contributed by atoms with Crippen molar-refractivity contribution in [3.8, 4) is 0 Å². The smallest absolute Gasteiger partial charge is 0.330 e. The van der Waals surface area contributed by atoms with Crippen molar-refractivity contribution < 1.29 is 14.3 Å². The highest BCUT2D eigenvalue weighted by Crippen LogP contribution is 2.03. The molecule has 0 heterocycles. The normalized spacial score (nSPS) is 9.82. The number of carbonyl (C=O) groups is 2. The largest absolute Gasteiger partial charge is 0.463 e. The SMILES string of the molecule is C=CC(=O)OCCCCN(C(=O)C=C)C(C)C. The number of esters is 1. The van der Waals surface area contributed by atoms with Crippen LogP contribution in [0.25, 0.3) is 0 Å². The van der Waals surface area contributed by atoms with Gasteiger partial charge in [0.15, 0.2) is 0 Å². The zero-order valence-corrected chi connectivity index (χ0v) is 10.6. The van der Waals surface area contributed by atoms with E-state index in [0.717, 1.165) is 18.9 Å². The second-order valence-electron chi connectivity index (χ2n) is 3.91. The molecule has 0 saturated heterocycles. The van der Waals surface area contributed by atoms with Gasteiger partial charge in [0, 0.05) is 18.7 Å². The highest BCUT2D eigenvalue weighted by molar-refractivity contribution is 5.87. The number of nitrogens with zero attached hydrogens (tertiary/aromatic N) is 1. The maximum atomic E-state index is 11.5. The maximum absolute atomic E-state index is 11.5. The van der Waals surface area contributed by atoms with Crippen molar-refractivity contribution in [2.24, 2.45) is 0 Å². The Balaban J connectivity index is 3.83. The van der Waals surface area contributed by atoms with Gasteiger partial charge in [0.05, 0.1) is 6.61 Å². The summed E-state index contributed by atoms with van der Waals surface area (Å²) < 4.78 is 4.84. The van der Waals surface area contributed by atoms with Crippen molar-refractivity contribution in [3.05, 3.63) is 25.3 Å². The number of hydrogen-bond donors (Lipinski definition) is 0. The molecule has 0 aliphatic carbocycles. The number of unbranched alkanes of at least 4 members (excludes halogenated alkanes) is 1. The molecule has 4 heteroatoms. The van der Waals surface area contributed by atoms with Crippen LogP contribution in [0, 0.1) is 0 Å². The van der Waals surface area contributed by atoms with Crippen LogP contribution in [0.2, 0.25) is 0 Å². The van der Waals surface area contributed by atoms with Gasteiger partial charge in [0.2, 0.25) is 5.91 Å². The molecule has 0 aromatic heterocycles. The first-order valence-electron chi connectivity index (χ1n) is 5.75. The predicted octanol–water partition coefficient (Wildman–Crippen LogP) is 1.92. The molecule has 0 aliphatic rings. The summed E-state index contributed by atoms with van der Waals surface area (Å²) in [5, 5.41) is 0. The van der Waals surface area contributed by atoms with Crippen molar-refractivity contribution in [1.29, 1.82) is 0 Å². The molecule has 0 atom stereocenters. The fourth-order valence-electron chi connectivity index (χ4n) is 1.36. The Labute approximate surface area is 103 Å². The Morgan fingerprint density at radius 3 is 2.35 bits per heavy atom. The minimum Gasteiger partial charge on any atom is -0.463 e. The molecule has 0 N–H and O–H groups in total.